The number of carbonyl (C=O) groups excluding carboxylic acids is 3. The van der Waals surface area contributed by atoms with Gasteiger partial charge in [-0.1, -0.05) is 36.4 Å². The van der Waals surface area contributed by atoms with Crippen LogP contribution < -0.4 is 20.1 Å². The second-order valence-corrected chi connectivity index (χ2v) is 9.91. The van der Waals surface area contributed by atoms with Crippen LogP contribution in [0.5, 0.6) is 11.5 Å². The third-order valence-corrected chi connectivity index (χ3v) is 7.13. The van der Waals surface area contributed by atoms with E-state index in [1.54, 1.807) is 24.3 Å². The summed E-state index contributed by atoms with van der Waals surface area (Å²) < 4.78 is 17.0. The first-order valence-corrected chi connectivity index (χ1v) is 13.3. The molecule has 1 heterocycles. The molecule has 2 atom stereocenters. The van der Waals surface area contributed by atoms with Gasteiger partial charge in [-0.15, -0.1) is 0 Å². The molecule has 3 aromatic rings. The molecule has 3 N–H and O–H groups in total. The third-order valence-electron chi connectivity index (χ3n) is 7.13. The summed E-state index contributed by atoms with van der Waals surface area (Å²) in [5, 5.41) is 12.8. The molecule has 39 heavy (non-hydrogen) atoms. The number of hydrogen-bond donors (Lipinski definition) is 3. The van der Waals surface area contributed by atoms with Crippen molar-refractivity contribution in [1.82, 2.24) is 15.5 Å². The van der Waals surface area contributed by atoms with Crippen molar-refractivity contribution in [1.29, 1.82) is 0 Å². The first kappa shape index (κ1) is 26.3. The number of hydrogen-bond acceptors (Lipinski definition) is 7. The number of carbonyl (C=O) groups is 3. The number of nitrogens with zero attached hydrogens (tertiary/aromatic N) is 1. The fraction of sp³-hybridized carbons (Fsp3) is 0.379. The maximum atomic E-state index is 12.5. The van der Waals surface area contributed by atoms with Crippen LogP contribution in [-0.2, 0) is 16.1 Å². The number of aromatic nitrogens is 2. The summed E-state index contributed by atoms with van der Waals surface area (Å²) >= 11 is 0. The van der Waals surface area contributed by atoms with Gasteiger partial charge in [0.15, 0.2) is 18.7 Å². The number of alkyl carbamates (subject to hydrolysis) is 1. The van der Waals surface area contributed by atoms with Crippen molar-refractivity contribution in [3.05, 3.63) is 71.4 Å². The minimum absolute atomic E-state index is 0.135. The summed E-state index contributed by atoms with van der Waals surface area (Å²) in [6, 6.07) is 16.6. The molecule has 0 spiro atoms. The van der Waals surface area contributed by atoms with E-state index in [0.717, 1.165) is 43.4 Å². The maximum Gasteiger partial charge on any atom is 0.407 e. The van der Waals surface area contributed by atoms with E-state index >= 15 is 0 Å². The quantitative estimate of drug-likeness (QED) is 0.304. The number of aromatic amines is 1. The van der Waals surface area contributed by atoms with Crippen molar-refractivity contribution in [2.45, 2.75) is 63.2 Å². The van der Waals surface area contributed by atoms with Gasteiger partial charge >= 0.3 is 6.09 Å². The van der Waals surface area contributed by atoms with Crippen LogP contribution in [-0.4, -0.2) is 47.2 Å². The summed E-state index contributed by atoms with van der Waals surface area (Å²) in [5.41, 5.74) is 2.08. The number of H-pyrrole nitrogens is 1. The fourth-order valence-corrected chi connectivity index (χ4v) is 4.79. The molecule has 10 nitrogen and oxygen atoms in total. The molecule has 10 heteroatoms. The van der Waals surface area contributed by atoms with Crippen molar-refractivity contribution in [3.63, 3.8) is 0 Å². The monoisotopic (exact) mass is 532 g/mol. The van der Waals surface area contributed by atoms with E-state index in [9.17, 15) is 14.4 Å². The van der Waals surface area contributed by atoms with Crippen molar-refractivity contribution in [3.8, 4) is 11.5 Å². The highest BCUT2D eigenvalue weighted by Gasteiger charge is 2.31. The minimum atomic E-state index is -0.416. The predicted octanol–water partition coefficient (Wildman–Crippen LogP) is 4.73. The largest absolute Gasteiger partial charge is 0.488 e. The van der Waals surface area contributed by atoms with E-state index in [2.05, 4.69) is 20.8 Å². The van der Waals surface area contributed by atoms with Crippen LogP contribution in [0.25, 0.3) is 0 Å². The summed E-state index contributed by atoms with van der Waals surface area (Å²) in [4.78, 5) is 36.3. The number of nitrogens with one attached hydrogen (secondary N) is 3. The Bertz CT molecular complexity index is 1290. The molecule has 2 amide bonds. The highest BCUT2D eigenvalue weighted by atomic mass is 16.6. The Morgan fingerprint density at radius 3 is 2.54 bits per heavy atom. The Morgan fingerprint density at radius 1 is 1.00 bits per heavy atom. The zero-order chi connectivity index (χ0) is 27.0. The highest BCUT2D eigenvalue weighted by molar-refractivity contribution is 5.91. The zero-order valence-electron chi connectivity index (χ0n) is 21.6. The van der Waals surface area contributed by atoms with Crippen LogP contribution in [0.4, 0.5) is 10.6 Å². The van der Waals surface area contributed by atoms with Crippen LogP contribution in [0, 0.1) is 0 Å². The minimum Gasteiger partial charge on any atom is -0.488 e. The molecule has 1 aromatic heterocycles. The van der Waals surface area contributed by atoms with Crippen molar-refractivity contribution in [2.75, 3.05) is 11.9 Å². The van der Waals surface area contributed by atoms with Crippen LogP contribution >= 0.6 is 0 Å². The van der Waals surface area contributed by atoms with Crippen LogP contribution in [0.15, 0.2) is 54.6 Å². The first-order valence-electron chi connectivity index (χ1n) is 13.3. The van der Waals surface area contributed by atoms with Crippen LogP contribution in [0.2, 0.25) is 0 Å². The van der Waals surface area contributed by atoms with Gasteiger partial charge in [0.25, 0.3) is 5.91 Å². The van der Waals surface area contributed by atoms with Gasteiger partial charge in [-0.05, 0) is 56.2 Å². The first-order chi connectivity index (χ1) is 19.1. The van der Waals surface area contributed by atoms with Crippen LogP contribution in [0.3, 0.4) is 0 Å². The molecular weight excluding hydrogens is 500 g/mol. The Balaban J connectivity index is 1.09. The van der Waals surface area contributed by atoms with E-state index in [-0.39, 0.29) is 42.1 Å². The predicted molar refractivity (Wildman–Crippen MR) is 143 cm³/mol. The SMILES string of the molecule is O=Cc1c(OCC(=O)Nc2cc([C@H]3CC[C@@H](OC(=O)NC4CCC4)C3)[nH]n2)cccc1OCc1ccccc1. The molecule has 2 aliphatic carbocycles. The second kappa shape index (κ2) is 12.5. The van der Waals surface area contributed by atoms with Crippen LogP contribution in [0.1, 0.15) is 66.1 Å². The highest BCUT2D eigenvalue weighted by Crippen LogP contribution is 2.36. The molecule has 0 saturated heterocycles. The molecule has 2 saturated carbocycles. The molecule has 204 valence electrons. The molecule has 0 bridgehead atoms. The van der Waals surface area contributed by atoms with E-state index in [1.165, 1.54) is 0 Å². The van der Waals surface area contributed by atoms with Gasteiger partial charge in [0.2, 0.25) is 0 Å². The van der Waals surface area contributed by atoms with Gasteiger partial charge < -0.3 is 24.8 Å². The molecule has 2 fully saturated rings. The second-order valence-electron chi connectivity index (χ2n) is 9.91. The number of aldehydes is 1. The summed E-state index contributed by atoms with van der Waals surface area (Å²) in [6.45, 7) is -0.00470. The standard InChI is InChI=1S/C29H32N4O6/c34-16-23-25(37-17-19-6-2-1-3-7-19)10-5-11-26(23)38-18-28(35)31-27-15-24(32-33-27)20-12-13-22(14-20)39-29(36)30-21-8-4-9-21/h1-3,5-7,10-11,15-16,20-22H,4,8-9,12-14,17-18H2,(H,30,36)(H2,31,32,33,35)/t20-,22+/m0/s1. The molecule has 0 radical (unpaired) electrons. The lowest BCUT2D eigenvalue weighted by Gasteiger charge is -2.26. The summed E-state index contributed by atoms with van der Waals surface area (Å²) in [5.74, 6) is 0.756. The molecule has 2 aromatic carbocycles. The molecule has 5 rings (SSSR count). The van der Waals surface area contributed by atoms with Gasteiger partial charge in [0.1, 0.15) is 24.2 Å². The van der Waals surface area contributed by atoms with Gasteiger partial charge in [-0.2, -0.15) is 5.10 Å². The number of benzene rings is 2. The van der Waals surface area contributed by atoms with Gasteiger partial charge in [-0.3, -0.25) is 14.7 Å². The van der Waals surface area contributed by atoms with E-state index in [1.807, 2.05) is 30.3 Å². The smallest absolute Gasteiger partial charge is 0.407 e. The average molecular weight is 533 g/mol. The lowest BCUT2D eigenvalue weighted by atomic mass is 9.93. The number of ether oxygens (including phenoxy) is 3. The van der Waals surface area contributed by atoms with E-state index in [4.69, 9.17) is 14.2 Å². The lowest BCUT2D eigenvalue weighted by molar-refractivity contribution is -0.118. The lowest BCUT2D eigenvalue weighted by Crippen LogP contribution is -2.40. The number of anilines is 1. The van der Waals surface area contributed by atoms with E-state index < -0.39 is 5.91 Å². The summed E-state index contributed by atoms with van der Waals surface area (Å²) in [7, 11) is 0. The molecule has 0 aliphatic heterocycles. The number of rotatable bonds is 11. The maximum absolute atomic E-state index is 12.5. The van der Waals surface area contributed by atoms with Crippen molar-refractivity contribution in [2.24, 2.45) is 0 Å². The third kappa shape index (κ3) is 6.95. The van der Waals surface area contributed by atoms with E-state index in [0.29, 0.717) is 30.9 Å². The number of amides is 2. The Labute approximate surface area is 226 Å². The zero-order valence-corrected chi connectivity index (χ0v) is 21.6. The van der Waals surface area contributed by atoms with Crippen molar-refractivity contribution >= 4 is 24.1 Å². The fourth-order valence-electron chi connectivity index (χ4n) is 4.79. The summed E-state index contributed by atoms with van der Waals surface area (Å²) in [6.07, 6.45) is 5.71. The normalized spacial score (nSPS) is 18.6. The Kier molecular flexibility index (Phi) is 8.40. The Hall–Kier alpha value is -4.34. The Morgan fingerprint density at radius 2 is 1.79 bits per heavy atom. The molecule has 2 aliphatic rings. The molecule has 0 unspecified atom stereocenters. The van der Waals surface area contributed by atoms with Gasteiger partial charge in [-0.25, -0.2) is 4.79 Å². The average Bonchev–Trinajstić information content (AvgIpc) is 3.58. The van der Waals surface area contributed by atoms with Gasteiger partial charge in [0, 0.05) is 23.7 Å². The molecular formula is C29H32N4O6. The topological polar surface area (TPSA) is 132 Å². The van der Waals surface area contributed by atoms with Crippen molar-refractivity contribution < 1.29 is 28.6 Å². The van der Waals surface area contributed by atoms with Gasteiger partial charge in [0.05, 0.1) is 5.56 Å².